The normalized spacial score (nSPS) is 21.4. The predicted octanol–water partition coefficient (Wildman–Crippen LogP) is 2.45. The zero-order valence-electron chi connectivity index (χ0n) is 12.9. The molecule has 0 radical (unpaired) electrons. The van der Waals surface area contributed by atoms with E-state index < -0.39 is 0 Å². The molecule has 0 saturated carbocycles. The van der Waals surface area contributed by atoms with Gasteiger partial charge in [0.05, 0.1) is 18.7 Å². The molecule has 7 heteroatoms. The lowest BCUT2D eigenvalue weighted by Crippen LogP contribution is -2.25. The Morgan fingerprint density at radius 3 is 2.86 bits per heavy atom. The van der Waals surface area contributed by atoms with E-state index in [9.17, 15) is 0 Å². The van der Waals surface area contributed by atoms with Crippen molar-refractivity contribution in [1.82, 2.24) is 14.8 Å². The van der Waals surface area contributed by atoms with Gasteiger partial charge < -0.3 is 9.64 Å². The lowest BCUT2D eigenvalue weighted by molar-refractivity contribution is 0.0952. The summed E-state index contributed by atoms with van der Waals surface area (Å²) >= 11 is 1.71. The molecule has 3 heterocycles. The van der Waals surface area contributed by atoms with Crippen LogP contribution in [0.3, 0.4) is 0 Å². The summed E-state index contributed by atoms with van der Waals surface area (Å²) in [6.45, 7) is 3.86. The van der Waals surface area contributed by atoms with Crippen molar-refractivity contribution in [2.24, 2.45) is 0 Å². The van der Waals surface area contributed by atoms with Crippen molar-refractivity contribution in [3.05, 3.63) is 0 Å². The zero-order valence-corrected chi connectivity index (χ0v) is 13.7. The average molecular weight is 321 g/mol. The van der Waals surface area contributed by atoms with E-state index in [0.717, 1.165) is 62.4 Å². The SMILES string of the molecule is N#CCCCSc1nnc(N2CCCC2)n1C[C@H]1CCCO1. The molecule has 22 heavy (non-hydrogen) atoms. The quantitative estimate of drug-likeness (QED) is 0.568. The van der Waals surface area contributed by atoms with Crippen molar-refractivity contribution in [1.29, 1.82) is 5.26 Å². The highest BCUT2D eigenvalue weighted by Gasteiger charge is 2.25. The van der Waals surface area contributed by atoms with E-state index in [1.807, 2.05) is 0 Å². The third-order valence-electron chi connectivity index (χ3n) is 4.16. The van der Waals surface area contributed by atoms with E-state index in [1.54, 1.807) is 11.8 Å². The van der Waals surface area contributed by atoms with Gasteiger partial charge >= 0.3 is 0 Å². The van der Waals surface area contributed by atoms with Gasteiger partial charge in [-0.15, -0.1) is 10.2 Å². The van der Waals surface area contributed by atoms with Crippen LogP contribution < -0.4 is 4.90 Å². The molecule has 1 aromatic rings. The van der Waals surface area contributed by atoms with Gasteiger partial charge in [-0.05, 0) is 32.1 Å². The number of ether oxygens (including phenoxy) is 1. The van der Waals surface area contributed by atoms with Gasteiger partial charge in [0.15, 0.2) is 5.16 Å². The molecule has 120 valence electrons. The van der Waals surface area contributed by atoms with Gasteiger partial charge in [-0.2, -0.15) is 5.26 Å². The lowest BCUT2D eigenvalue weighted by atomic mass is 10.2. The topological polar surface area (TPSA) is 67.0 Å². The molecule has 0 amide bonds. The first-order valence-corrected chi connectivity index (χ1v) is 9.16. The Bertz CT molecular complexity index is 514. The van der Waals surface area contributed by atoms with Crippen molar-refractivity contribution in [3.8, 4) is 6.07 Å². The van der Waals surface area contributed by atoms with Crippen molar-refractivity contribution < 1.29 is 4.74 Å². The number of nitriles is 1. The van der Waals surface area contributed by atoms with Crippen molar-refractivity contribution in [2.45, 2.75) is 56.3 Å². The minimum atomic E-state index is 0.288. The summed E-state index contributed by atoms with van der Waals surface area (Å²) in [5.41, 5.74) is 0. The van der Waals surface area contributed by atoms with Gasteiger partial charge in [0.1, 0.15) is 0 Å². The fraction of sp³-hybridized carbons (Fsp3) is 0.800. The number of unbranched alkanes of at least 4 members (excludes halogenated alkanes) is 1. The van der Waals surface area contributed by atoms with Crippen LogP contribution >= 0.6 is 11.8 Å². The first-order valence-electron chi connectivity index (χ1n) is 8.18. The Balaban J connectivity index is 1.71. The molecule has 2 saturated heterocycles. The van der Waals surface area contributed by atoms with E-state index in [2.05, 4.69) is 25.7 Å². The molecular weight excluding hydrogens is 298 g/mol. The van der Waals surface area contributed by atoms with E-state index in [0.29, 0.717) is 6.42 Å². The third kappa shape index (κ3) is 3.73. The molecule has 3 rings (SSSR count). The number of nitrogens with zero attached hydrogens (tertiary/aromatic N) is 5. The van der Waals surface area contributed by atoms with E-state index in [-0.39, 0.29) is 6.10 Å². The molecule has 0 aromatic carbocycles. The summed E-state index contributed by atoms with van der Waals surface area (Å²) < 4.78 is 8.03. The molecular formula is C15H23N5OS. The Kier molecular flexibility index (Phi) is 5.57. The molecule has 2 aliphatic rings. The molecule has 0 spiro atoms. The van der Waals surface area contributed by atoms with Crippen LogP contribution in [0.2, 0.25) is 0 Å². The molecule has 2 fully saturated rings. The van der Waals surface area contributed by atoms with Gasteiger partial charge in [-0.3, -0.25) is 4.57 Å². The number of thioether (sulfide) groups is 1. The first kappa shape index (κ1) is 15.6. The molecule has 1 aromatic heterocycles. The second-order valence-electron chi connectivity index (χ2n) is 5.83. The van der Waals surface area contributed by atoms with E-state index in [1.165, 1.54) is 12.8 Å². The maximum absolute atomic E-state index is 8.64. The summed E-state index contributed by atoms with van der Waals surface area (Å²) in [6.07, 6.45) is 6.52. The number of hydrogen-bond donors (Lipinski definition) is 0. The van der Waals surface area contributed by atoms with Crippen LogP contribution in [-0.2, 0) is 11.3 Å². The minimum Gasteiger partial charge on any atom is -0.376 e. The minimum absolute atomic E-state index is 0.288. The number of hydrogen-bond acceptors (Lipinski definition) is 6. The van der Waals surface area contributed by atoms with Crippen LogP contribution in [0.25, 0.3) is 0 Å². The Hall–Kier alpha value is -1.26. The van der Waals surface area contributed by atoms with Crippen LogP contribution in [0.4, 0.5) is 5.95 Å². The molecule has 1 atom stereocenters. The van der Waals surface area contributed by atoms with Gasteiger partial charge in [0, 0.05) is 31.9 Å². The Labute approximate surface area is 135 Å². The summed E-state index contributed by atoms with van der Waals surface area (Å²) in [5, 5.41) is 18.4. The van der Waals surface area contributed by atoms with Crippen LogP contribution in [0.1, 0.15) is 38.5 Å². The third-order valence-corrected chi connectivity index (χ3v) is 5.21. The molecule has 0 N–H and O–H groups in total. The summed E-state index contributed by atoms with van der Waals surface area (Å²) in [4.78, 5) is 2.33. The number of aromatic nitrogens is 3. The zero-order chi connectivity index (χ0) is 15.2. The summed E-state index contributed by atoms with van der Waals surface area (Å²) in [5.74, 6) is 1.91. The highest BCUT2D eigenvalue weighted by molar-refractivity contribution is 7.99. The second-order valence-corrected chi connectivity index (χ2v) is 6.89. The highest BCUT2D eigenvalue weighted by Crippen LogP contribution is 2.27. The summed E-state index contributed by atoms with van der Waals surface area (Å²) in [6, 6.07) is 2.19. The standard InChI is InChI=1S/C15H23N5OS/c16-7-1-4-11-22-15-18-17-14(19-8-2-3-9-19)20(15)12-13-6-5-10-21-13/h13H,1-6,8-12H2/t13-/m1/s1. The molecule has 0 unspecified atom stereocenters. The van der Waals surface area contributed by atoms with Gasteiger partial charge in [0.25, 0.3) is 0 Å². The lowest BCUT2D eigenvalue weighted by Gasteiger charge is -2.20. The largest absolute Gasteiger partial charge is 0.376 e. The molecule has 6 nitrogen and oxygen atoms in total. The van der Waals surface area contributed by atoms with Gasteiger partial charge in [-0.25, -0.2) is 0 Å². The first-order chi connectivity index (χ1) is 10.9. The van der Waals surface area contributed by atoms with Crippen molar-refractivity contribution in [2.75, 3.05) is 30.3 Å². The summed E-state index contributed by atoms with van der Waals surface area (Å²) in [7, 11) is 0. The predicted molar refractivity (Wildman–Crippen MR) is 86.0 cm³/mol. The maximum Gasteiger partial charge on any atom is 0.228 e. The van der Waals surface area contributed by atoms with Crippen LogP contribution in [0.5, 0.6) is 0 Å². The molecule has 2 aliphatic heterocycles. The van der Waals surface area contributed by atoms with Gasteiger partial charge in [-0.1, -0.05) is 11.8 Å². The van der Waals surface area contributed by atoms with Crippen molar-refractivity contribution >= 4 is 17.7 Å². The fourth-order valence-electron chi connectivity index (χ4n) is 3.01. The smallest absolute Gasteiger partial charge is 0.228 e. The van der Waals surface area contributed by atoms with E-state index >= 15 is 0 Å². The van der Waals surface area contributed by atoms with Gasteiger partial charge in [0.2, 0.25) is 5.95 Å². The second kappa shape index (κ2) is 7.84. The Morgan fingerprint density at radius 1 is 1.27 bits per heavy atom. The number of anilines is 1. The van der Waals surface area contributed by atoms with Crippen LogP contribution in [-0.4, -0.2) is 46.3 Å². The number of rotatable bonds is 7. The fourth-order valence-corrected chi connectivity index (χ4v) is 3.89. The van der Waals surface area contributed by atoms with E-state index in [4.69, 9.17) is 10.00 Å². The monoisotopic (exact) mass is 321 g/mol. The molecule has 0 bridgehead atoms. The highest BCUT2D eigenvalue weighted by atomic mass is 32.2. The average Bonchev–Trinajstić information content (AvgIpc) is 3.26. The van der Waals surface area contributed by atoms with Crippen LogP contribution in [0, 0.1) is 11.3 Å². The molecule has 0 aliphatic carbocycles. The maximum atomic E-state index is 8.64. The Morgan fingerprint density at radius 2 is 2.14 bits per heavy atom. The van der Waals surface area contributed by atoms with Crippen molar-refractivity contribution in [3.63, 3.8) is 0 Å². The van der Waals surface area contributed by atoms with Crippen LogP contribution in [0.15, 0.2) is 5.16 Å².